The smallest absolute Gasteiger partial charge is 0.0569 e. The van der Waals surface area contributed by atoms with E-state index in [0.717, 1.165) is 6.42 Å². The maximum absolute atomic E-state index is 4.27. The summed E-state index contributed by atoms with van der Waals surface area (Å²) < 4.78 is 0. The van der Waals surface area contributed by atoms with Gasteiger partial charge in [-0.2, -0.15) is 0 Å². The van der Waals surface area contributed by atoms with Gasteiger partial charge in [-0.15, -0.1) is 0 Å². The summed E-state index contributed by atoms with van der Waals surface area (Å²) in [4.78, 5) is 4.27. The molecule has 0 spiro atoms. The lowest BCUT2D eigenvalue weighted by Gasteiger charge is -2.37. The van der Waals surface area contributed by atoms with Crippen LogP contribution in [0.4, 0.5) is 5.69 Å². The molecular weight excluding hydrogens is 232 g/mol. The van der Waals surface area contributed by atoms with Crippen LogP contribution in [0.5, 0.6) is 0 Å². The molecule has 1 aliphatic carbocycles. The molecule has 3 unspecified atom stereocenters. The van der Waals surface area contributed by atoms with Crippen molar-refractivity contribution in [3.05, 3.63) is 72.1 Å². The van der Waals surface area contributed by atoms with Crippen LogP contribution in [-0.2, 0) is 0 Å². The largest absolute Gasteiger partial charge is 0.378 e. The number of para-hydroxylation sites is 1. The molecule has 1 N–H and O–H groups in total. The third-order valence-corrected chi connectivity index (χ3v) is 4.32. The van der Waals surface area contributed by atoms with Gasteiger partial charge >= 0.3 is 0 Å². The summed E-state index contributed by atoms with van der Waals surface area (Å²) in [5.74, 6) is 1.15. The number of rotatable bonds is 1. The number of allylic oxidation sites excluding steroid dienone is 2. The average molecular weight is 248 g/mol. The van der Waals surface area contributed by atoms with Gasteiger partial charge in [-0.05, 0) is 35.6 Å². The average Bonchev–Trinajstić information content (AvgIpc) is 2.97. The minimum absolute atomic E-state index is 0.364. The van der Waals surface area contributed by atoms with E-state index in [1.54, 1.807) is 0 Å². The highest BCUT2D eigenvalue weighted by molar-refractivity contribution is 5.59. The SMILES string of the molecule is C1=CC2c3ccccc3NC(c3cccnc3)C2C1. The van der Waals surface area contributed by atoms with Crippen LogP contribution in [0.25, 0.3) is 0 Å². The van der Waals surface area contributed by atoms with Crippen LogP contribution < -0.4 is 5.32 Å². The number of pyridine rings is 1. The number of hydrogen-bond acceptors (Lipinski definition) is 2. The molecule has 2 heterocycles. The van der Waals surface area contributed by atoms with E-state index in [1.807, 2.05) is 18.5 Å². The fourth-order valence-electron chi connectivity index (χ4n) is 3.43. The lowest BCUT2D eigenvalue weighted by molar-refractivity contribution is 0.425. The Bertz CT molecular complexity index is 618. The standard InChI is InChI=1S/C17H16N2/c1-2-9-16-14(6-1)13-7-3-8-15(13)17(19-16)12-5-4-10-18-11-12/h1-7,9-11,13,15,17,19H,8H2. The first-order valence-corrected chi connectivity index (χ1v) is 6.85. The molecule has 2 aliphatic rings. The van der Waals surface area contributed by atoms with Crippen LogP contribution in [0.15, 0.2) is 60.9 Å². The monoisotopic (exact) mass is 248 g/mol. The van der Waals surface area contributed by atoms with E-state index in [0.29, 0.717) is 17.9 Å². The molecule has 0 radical (unpaired) electrons. The lowest BCUT2D eigenvalue weighted by atomic mass is 9.77. The molecule has 1 aromatic carbocycles. The summed E-state index contributed by atoms with van der Waals surface area (Å²) in [5.41, 5.74) is 3.99. The van der Waals surface area contributed by atoms with Crippen molar-refractivity contribution in [1.82, 2.24) is 4.98 Å². The molecule has 1 aromatic heterocycles. The fourth-order valence-corrected chi connectivity index (χ4v) is 3.43. The van der Waals surface area contributed by atoms with Crippen LogP contribution in [-0.4, -0.2) is 4.98 Å². The molecule has 0 amide bonds. The van der Waals surface area contributed by atoms with Crippen LogP contribution in [0.3, 0.4) is 0 Å². The van der Waals surface area contributed by atoms with Gasteiger partial charge in [0.25, 0.3) is 0 Å². The second-order valence-electron chi connectivity index (χ2n) is 5.35. The Morgan fingerprint density at radius 3 is 2.95 bits per heavy atom. The van der Waals surface area contributed by atoms with Crippen molar-refractivity contribution in [3.8, 4) is 0 Å². The highest BCUT2D eigenvalue weighted by Crippen LogP contribution is 2.49. The quantitative estimate of drug-likeness (QED) is 0.774. The molecule has 19 heavy (non-hydrogen) atoms. The summed E-state index contributed by atoms with van der Waals surface area (Å²) >= 11 is 0. The van der Waals surface area contributed by atoms with E-state index in [2.05, 4.69) is 52.8 Å². The fraction of sp³-hybridized carbons (Fsp3) is 0.235. The van der Waals surface area contributed by atoms with Gasteiger partial charge in [-0.1, -0.05) is 36.4 Å². The Morgan fingerprint density at radius 1 is 1.11 bits per heavy atom. The number of fused-ring (bicyclic) bond motifs is 3. The first-order chi connectivity index (χ1) is 9.43. The van der Waals surface area contributed by atoms with Gasteiger partial charge in [0, 0.05) is 24.0 Å². The van der Waals surface area contributed by atoms with Gasteiger partial charge in [0.05, 0.1) is 6.04 Å². The minimum atomic E-state index is 0.364. The van der Waals surface area contributed by atoms with Crippen molar-refractivity contribution in [2.24, 2.45) is 5.92 Å². The van der Waals surface area contributed by atoms with Crippen LogP contribution in [0, 0.1) is 5.92 Å². The van der Waals surface area contributed by atoms with E-state index in [1.165, 1.54) is 16.8 Å². The Morgan fingerprint density at radius 2 is 2.05 bits per heavy atom. The summed E-state index contributed by atoms with van der Waals surface area (Å²) in [6.45, 7) is 0. The Labute approximate surface area is 113 Å². The van der Waals surface area contributed by atoms with E-state index >= 15 is 0 Å². The molecule has 3 atom stereocenters. The van der Waals surface area contributed by atoms with E-state index < -0.39 is 0 Å². The van der Waals surface area contributed by atoms with Crippen molar-refractivity contribution in [2.75, 3.05) is 5.32 Å². The van der Waals surface area contributed by atoms with Crippen LogP contribution in [0.1, 0.15) is 29.5 Å². The summed E-state index contributed by atoms with van der Waals surface area (Å²) in [5, 5.41) is 3.70. The molecule has 4 rings (SSSR count). The zero-order chi connectivity index (χ0) is 12.7. The molecule has 2 nitrogen and oxygen atoms in total. The highest BCUT2D eigenvalue weighted by Gasteiger charge is 2.37. The Kier molecular flexibility index (Phi) is 2.41. The second kappa shape index (κ2) is 4.23. The van der Waals surface area contributed by atoms with Crippen molar-refractivity contribution in [2.45, 2.75) is 18.4 Å². The first-order valence-electron chi connectivity index (χ1n) is 6.85. The molecule has 0 saturated heterocycles. The zero-order valence-electron chi connectivity index (χ0n) is 10.7. The summed E-state index contributed by atoms with van der Waals surface area (Å²) in [7, 11) is 0. The van der Waals surface area contributed by atoms with Crippen molar-refractivity contribution >= 4 is 5.69 Å². The number of benzene rings is 1. The van der Waals surface area contributed by atoms with E-state index in [4.69, 9.17) is 0 Å². The Balaban J connectivity index is 1.80. The van der Waals surface area contributed by atoms with Crippen molar-refractivity contribution < 1.29 is 0 Å². The van der Waals surface area contributed by atoms with E-state index in [9.17, 15) is 0 Å². The van der Waals surface area contributed by atoms with Gasteiger partial charge < -0.3 is 5.32 Å². The van der Waals surface area contributed by atoms with Gasteiger partial charge in [-0.25, -0.2) is 0 Å². The normalized spacial score (nSPS) is 27.5. The van der Waals surface area contributed by atoms with Gasteiger partial charge in [0.2, 0.25) is 0 Å². The number of nitrogens with one attached hydrogen (secondary N) is 1. The third-order valence-electron chi connectivity index (χ3n) is 4.32. The maximum Gasteiger partial charge on any atom is 0.0569 e. The lowest BCUT2D eigenvalue weighted by Crippen LogP contribution is -2.29. The number of hydrogen-bond donors (Lipinski definition) is 1. The predicted octanol–water partition coefficient (Wildman–Crippen LogP) is 3.91. The zero-order valence-corrected chi connectivity index (χ0v) is 10.7. The van der Waals surface area contributed by atoms with Crippen molar-refractivity contribution in [1.29, 1.82) is 0 Å². The molecule has 2 heteroatoms. The molecule has 94 valence electrons. The van der Waals surface area contributed by atoms with Gasteiger partial charge in [0.1, 0.15) is 0 Å². The number of anilines is 1. The van der Waals surface area contributed by atoms with E-state index in [-0.39, 0.29) is 0 Å². The van der Waals surface area contributed by atoms with Crippen molar-refractivity contribution in [3.63, 3.8) is 0 Å². The van der Waals surface area contributed by atoms with Gasteiger partial charge in [-0.3, -0.25) is 4.98 Å². The molecule has 2 aromatic rings. The van der Waals surface area contributed by atoms with Gasteiger partial charge in [0.15, 0.2) is 0 Å². The minimum Gasteiger partial charge on any atom is -0.378 e. The first kappa shape index (κ1) is 10.8. The van der Waals surface area contributed by atoms with Crippen LogP contribution in [0.2, 0.25) is 0 Å². The molecule has 1 aliphatic heterocycles. The topological polar surface area (TPSA) is 24.9 Å². The third kappa shape index (κ3) is 1.67. The molecule has 0 bridgehead atoms. The molecule has 0 fully saturated rings. The highest BCUT2D eigenvalue weighted by atomic mass is 15.0. The van der Waals surface area contributed by atoms with Crippen LogP contribution >= 0.6 is 0 Å². The predicted molar refractivity (Wildman–Crippen MR) is 77.0 cm³/mol. The summed E-state index contributed by atoms with van der Waals surface area (Å²) in [6.07, 6.45) is 9.66. The second-order valence-corrected chi connectivity index (χ2v) is 5.35. The molecule has 0 saturated carbocycles. The maximum atomic E-state index is 4.27. The summed E-state index contributed by atoms with van der Waals surface area (Å²) in [6, 6.07) is 13.2. The Hall–Kier alpha value is -2.09. The number of nitrogens with zero attached hydrogens (tertiary/aromatic N) is 1. The number of aromatic nitrogens is 1. The molecular formula is C17H16N2.